The van der Waals surface area contributed by atoms with Crippen LogP contribution in [0.3, 0.4) is 0 Å². The fourth-order valence-electron chi connectivity index (χ4n) is 3.54. The largest absolute Gasteiger partial charge is 0.325 e. The molecule has 0 spiro atoms. The first-order valence-corrected chi connectivity index (χ1v) is 10.1. The monoisotopic (exact) mass is 419 g/mol. The molecule has 0 aliphatic carbocycles. The zero-order chi connectivity index (χ0) is 20.4. The maximum absolute atomic E-state index is 13.0. The van der Waals surface area contributed by atoms with Crippen molar-refractivity contribution in [2.75, 3.05) is 38.0 Å². The minimum atomic E-state index is -2.80. The lowest BCUT2D eigenvalue weighted by Crippen LogP contribution is -2.58. The van der Waals surface area contributed by atoms with Gasteiger partial charge in [0.2, 0.25) is 5.95 Å². The van der Waals surface area contributed by atoms with Gasteiger partial charge in [0.05, 0.1) is 31.4 Å². The quantitative estimate of drug-likeness (QED) is 0.744. The van der Waals surface area contributed by atoms with Crippen LogP contribution >= 0.6 is 11.3 Å². The molecular formula is C18H19F2N7OS. The average molecular weight is 419 g/mol. The Kier molecular flexibility index (Phi) is 5.38. The van der Waals surface area contributed by atoms with Crippen LogP contribution in [-0.4, -0.2) is 69.3 Å². The fourth-order valence-corrected chi connectivity index (χ4v) is 4.22. The van der Waals surface area contributed by atoms with Gasteiger partial charge in [0.1, 0.15) is 5.69 Å². The first-order valence-electron chi connectivity index (χ1n) is 9.25. The van der Waals surface area contributed by atoms with E-state index in [1.165, 1.54) is 16.7 Å². The van der Waals surface area contributed by atoms with Crippen molar-refractivity contribution in [1.29, 1.82) is 5.26 Å². The third kappa shape index (κ3) is 4.49. The number of likely N-dealkylation sites (tertiary alicyclic amines) is 2. The molecule has 1 atom stereocenters. The number of halogens is 2. The lowest BCUT2D eigenvalue weighted by Gasteiger charge is -2.38. The van der Waals surface area contributed by atoms with Gasteiger partial charge in [0.15, 0.2) is 5.13 Å². The summed E-state index contributed by atoms with van der Waals surface area (Å²) in [5.74, 6) is -2.72. The summed E-state index contributed by atoms with van der Waals surface area (Å²) in [7, 11) is 0. The highest BCUT2D eigenvalue weighted by atomic mass is 32.1. The van der Waals surface area contributed by atoms with E-state index in [1.54, 1.807) is 6.20 Å². The Hall–Kier alpha value is -2.71. The van der Waals surface area contributed by atoms with Crippen LogP contribution in [-0.2, 0) is 0 Å². The zero-order valence-corrected chi connectivity index (χ0v) is 16.3. The Balaban J connectivity index is 1.40. The summed E-state index contributed by atoms with van der Waals surface area (Å²) in [4.78, 5) is 28.3. The van der Waals surface area contributed by atoms with Crippen LogP contribution in [0.15, 0.2) is 17.6 Å². The van der Waals surface area contributed by atoms with Crippen molar-refractivity contribution in [3.05, 3.63) is 29.0 Å². The summed E-state index contributed by atoms with van der Waals surface area (Å²) in [6.45, 7) is 0.966. The second-order valence-corrected chi connectivity index (χ2v) is 8.08. The number of rotatable bonds is 5. The molecule has 2 aromatic rings. The molecular weight excluding hydrogens is 400 g/mol. The Morgan fingerprint density at radius 2 is 2.24 bits per heavy atom. The molecule has 1 amide bonds. The highest BCUT2D eigenvalue weighted by Gasteiger charge is 2.46. The maximum Gasteiger partial charge on any atom is 0.282 e. The van der Waals surface area contributed by atoms with E-state index < -0.39 is 24.9 Å². The number of nitriles is 1. The van der Waals surface area contributed by atoms with Crippen molar-refractivity contribution in [2.45, 2.75) is 24.7 Å². The Bertz CT molecular complexity index is 936. The first-order chi connectivity index (χ1) is 13.9. The predicted molar refractivity (Wildman–Crippen MR) is 102 cm³/mol. The van der Waals surface area contributed by atoms with Crippen molar-refractivity contribution in [1.82, 2.24) is 24.8 Å². The van der Waals surface area contributed by atoms with Gasteiger partial charge in [-0.2, -0.15) is 5.26 Å². The van der Waals surface area contributed by atoms with Gasteiger partial charge in [0.25, 0.3) is 11.8 Å². The Labute approximate surface area is 170 Å². The van der Waals surface area contributed by atoms with Gasteiger partial charge in [-0.05, 0) is 25.5 Å². The molecule has 2 aliphatic rings. The van der Waals surface area contributed by atoms with Gasteiger partial charge in [-0.3, -0.25) is 9.69 Å². The van der Waals surface area contributed by atoms with Gasteiger partial charge in [-0.1, -0.05) is 0 Å². The van der Waals surface area contributed by atoms with Gasteiger partial charge in [0, 0.05) is 24.0 Å². The molecule has 152 valence electrons. The van der Waals surface area contributed by atoms with Crippen molar-refractivity contribution >= 4 is 28.3 Å². The molecule has 0 bridgehead atoms. The molecule has 0 unspecified atom stereocenters. The van der Waals surface area contributed by atoms with Crippen molar-refractivity contribution in [2.24, 2.45) is 0 Å². The van der Waals surface area contributed by atoms with Gasteiger partial charge in [-0.15, -0.1) is 11.3 Å². The first kappa shape index (κ1) is 19.6. The standard InChI is InChI=1S/C18H19F2N7OS/c19-18(20)10-27(11-18)15(28)14-9-29-17(24-14)25-16-22-5-3-13(23-16)12-2-1-6-26(8-12)7-4-21/h3,5,9,12H,1-2,6-8,10-11H2,(H,22,23,24,25)/t12-/m0/s1. The third-order valence-corrected chi connectivity index (χ3v) is 5.73. The number of carbonyl (C=O) groups excluding carboxylic acids is 1. The van der Waals surface area contributed by atoms with E-state index >= 15 is 0 Å². The number of hydrogen-bond donors (Lipinski definition) is 1. The van der Waals surface area contributed by atoms with Crippen LogP contribution in [0.5, 0.6) is 0 Å². The molecule has 11 heteroatoms. The van der Waals surface area contributed by atoms with Crippen LogP contribution in [0.25, 0.3) is 0 Å². The van der Waals surface area contributed by atoms with Crippen LogP contribution in [0.4, 0.5) is 19.9 Å². The minimum absolute atomic E-state index is 0.128. The number of hydrogen-bond acceptors (Lipinski definition) is 8. The maximum atomic E-state index is 13.0. The van der Waals surface area contributed by atoms with Crippen LogP contribution in [0.1, 0.15) is 34.9 Å². The molecule has 0 saturated carbocycles. The molecule has 29 heavy (non-hydrogen) atoms. The Morgan fingerprint density at radius 3 is 3.00 bits per heavy atom. The number of carbonyl (C=O) groups is 1. The van der Waals surface area contributed by atoms with E-state index in [4.69, 9.17) is 5.26 Å². The third-order valence-electron chi connectivity index (χ3n) is 4.97. The summed E-state index contributed by atoms with van der Waals surface area (Å²) in [6.07, 6.45) is 3.66. The molecule has 1 N–H and O–H groups in total. The number of nitrogens with one attached hydrogen (secondary N) is 1. The van der Waals surface area contributed by atoms with Gasteiger partial charge >= 0.3 is 0 Å². The predicted octanol–water partition coefficient (Wildman–Crippen LogP) is 2.47. The van der Waals surface area contributed by atoms with E-state index in [0.717, 1.165) is 36.5 Å². The van der Waals surface area contributed by atoms with Crippen molar-refractivity contribution < 1.29 is 13.6 Å². The molecule has 2 aliphatic heterocycles. The van der Waals surface area contributed by atoms with Crippen LogP contribution in [0, 0.1) is 11.3 Å². The number of amides is 1. The molecule has 2 fully saturated rings. The molecule has 4 heterocycles. The molecule has 4 rings (SSSR count). The smallest absolute Gasteiger partial charge is 0.282 e. The summed E-state index contributed by atoms with van der Waals surface area (Å²) in [5.41, 5.74) is 1.02. The lowest BCUT2D eigenvalue weighted by atomic mass is 9.94. The number of thiazole rings is 1. The van der Waals surface area contributed by atoms with Gasteiger partial charge in [-0.25, -0.2) is 23.7 Å². The van der Waals surface area contributed by atoms with Crippen molar-refractivity contribution in [3.8, 4) is 6.07 Å². The summed E-state index contributed by atoms with van der Waals surface area (Å²) >= 11 is 1.19. The second-order valence-electron chi connectivity index (χ2n) is 7.22. The highest BCUT2D eigenvalue weighted by Crippen LogP contribution is 2.30. The minimum Gasteiger partial charge on any atom is -0.325 e. The van der Waals surface area contributed by atoms with E-state index in [-0.39, 0.29) is 11.6 Å². The van der Waals surface area contributed by atoms with Crippen LogP contribution in [0.2, 0.25) is 0 Å². The number of anilines is 2. The topological polar surface area (TPSA) is 98.0 Å². The number of piperidine rings is 1. The van der Waals surface area contributed by atoms with E-state index in [2.05, 4.69) is 31.2 Å². The summed E-state index contributed by atoms with van der Waals surface area (Å²) in [5, 5.41) is 13.9. The fraction of sp³-hybridized carbons (Fsp3) is 0.500. The van der Waals surface area contributed by atoms with Crippen molar-refractivity contribution in [3.63, 3.8) is 0 Å². The molecule has 2 saturated heterocycles. The SMILES string of the molecule is N#CCN1CCC[C@H](c2ccnc(Nc3nc(C(=O)N4CC(F)(F)C4)cs3)n2)C1. The van der Waals surface area contributed by atoms with E-state index in [0.29, 0.717) is 17.6 Å². The number of alkyl halides is 2. The van der Waals surface area contributed by atoms with E-state index in [1.807, 2.05) is 6.07 Å². The average Bonchev–Trinajstić information content (AvgIpc) is 3.15. The molecule has 0 aromatic carbocycles. The highest BCUT2D eigenvalue weighted by molar-refractivity contribution is 7.14. The number of nitrogens with zero attached hydrogens (tertiary/aromatic N) is 6. The summed E-state index contributed by atoms with van der Waals surface area (Å²) < 4.78 is 25.9. The second kappa shape index (κ2) is 7.96. The molecule has 0 radical (unpaired) electrons. The van der Waals surface area contributed by atoms with Gasteiger partial charge < -0.3 is 10.2 Å². The zero-order valence-electron chi connectivity index (χ0n) is 15.5. The Morgan fingerprint density at radius 1 is 1.41 bits per heavy atom. The number of aromatic nitrogens is 3. The lowest BCUT2D eigenvalue weighted by molar-refractivity contribution is -0.113. The van der Waals surface area contributed by atoms with E-state index in [9.17, 15) is 13.6 Å². The summed E-state index contributed by atoms with van der Waals surface area (Å²) in [6, 6.07) is 4.05. The normalized spacial score (nSPS) is 21.3. The van der Waals surface area contributed by atoms with Crippen LogP contribution < -0.4 is 5.32 Å². The molecule has 2 aromatic heterocycles. The molecule has 8 nitrogen and oxygen atoms in total.